The van der Waals surface area contributed by atoms with E-state index in [0.29, 0.717) is 35.4 Å². The van der Waals surface area contributed by atoms with Gasteiger partial charge in [-0.1, -0.05) is 26.0 Å². The maximum Gasteiger partial charge on any atom is 0.338 e. The number of nitrogens with one attached hydrogen (secondary N) is 2. The molecule has 1 aliphatic heterocycles. The summed E-state index contributed by atoms with van der Waals surface area (Å²) >= 11 is 0. The second-order valence-electron chi connectivity index (χ2n) is 10.2. The van der Waals surface area contributed by atoms with Crippen molar-refractivity contribution in [3.63, 3.8) is 0 Å². The van der Waals surface area contributed by atoms with Crippen LogP contribution < -0.4 is 15.4 Å². The number of esters is 1. The molecule has 1 amide bonds. The van der Waals surface area contributed by atoms with Gasteiger partial charge in [-0.2, -0.15) is 0 Å². The van der Waals surface area contributed by atoms with Gasteiger partial charge >= 0.3 is 5.97 Å². The lowest BCUT2D eigenvalue weighted by Gasteiger charge is -2.26. The van der Waals surface area contributed by atoms with Gasteiger partial charge in [-0.3, -0.25) is 9.59 Å². The fraction of sp³-hybridized carbons (Fsp3) is 0.344. The van der Waals surface area contributed by atoms with E-state index in [2.05, 4.69) is 10.6 Å². The van der Waals surface area contributed by atoms with E-state index >= 15 is 0 Å². The highest BCUT2D eigenvalue weighted by atomic mass is 16.5. The Morgan fingerprint density at radius 3 is 2.37 bits per heavy atom. The van der Waals surface area contributed by atoms with Crippen molar-refractivity contribution in [2.24, 2.45) is 0 Å². The lowest BCUT2D eigenvalue weighted by molar-refractivity contribution is 0.0192. The van der Waals surface area contributed by atoms with Gasteiger partial charge in [0.2, 0.25) is 0 Å². The lowest BCUT2D eigenvalue weighted by atomic mass is 9.95. The number of ketones is 1. The third-order valence-electron chi connectivity index (χ3n) is 7.49. The summed E-state index contributed by atoms with van der Waals surface area (Å²) in [6.07, 6.45) is 1.58. The van der Waals surface area contributed by atoms with E-state index < -0.39 is 23.9 Å². The Morgan fingerprint density at radius 2 is 1.66 bits per heavy atom. The molecule has 41 heavy (non-hydrogen) atoms. The van der Waals surface area contributed by atoms with E-state index in [4.69, 9.17) is 9.47 Å². The van der Waals surface area contributed by atoms with E-state index in [9.17, 15) is 24.6 Å². The molecule has 1 aliphatic rings. The Hall–Kier alpha value is -4.37. The number of ether oxygens (including phenoxy) is 2. The van der Waals surface area contributed by atoms with Crippen LogP contribution in [-0.2, 0) is 4.74 Å². The number of methoxy groups -OCH3 is 1. The Balaban J connectivity index is 1.46. The third-order valence-corrected chi connectivity index (χ3v) is 7.49. The van der Waals surface area contributed by atoms with Crippen LogP contribution in [0.25, 0.3) is 0 Å². The maximum atomic E-state index is 13.2. The Kier molecular flexibility index (Phi) is 9.62. The van der Waals surface area contributed by atoms with Crippen molar-refractivity contribution in [2.75, 3.05) is 20.2 Å². The second kappa shape index (κ2) is 13.3. The van der Waals surface area contributed by atoms with Gasteiger partial charge in [0, 0.05) is 17.7 Å². The van der Waals surface area contributed by atoms with E-state index in [-0.39, 0.29) is 34.5 Å². The molecule has 0 radical (unpaired) electrons. The molecule has 1 saturated heterocycles. The molecule has 0 spiro atoms. The highest BCUT2D eigenvalue weighted by Gasteiger charge is 2.29. The molecule has 3 aromatic carbocycles. The quantitative estimate of drug-likeness (QED) is 0.221. The molecule has 1 heterocycles. The summed E-state index contributed by atoms with van der Waals surface area (Å²) in [7, 11) is 1.47. The molecule has 3 aromatic rings. The third kappa shape index (κ3) is 7.05. The summed E-state index contributed by atoms with van der Waals surface area (Å²) in [5.74, 6) is -0.767. The van der Waals surface area contributed by atoms with E-state index in [1.807, 2.05) is 13.8 Å². The number of aromatic hydroxyl groups is 2. The first kappa shape index (κ1) is 29.6. The summed E-state index contributed by atoms with van der Waals surface area (Å²) in [4.78, 5) is 39.2. The molecule has 0 saturated carbocycles. The van der Waals surface area contributed by atoms with Crippen molar-refractivity contribution in [1.82, 2.24) is 10.6 Å². The molecule has 4 N–H and O–H groups in total. The van der Waals surface area contributed by atoms with E-state index in [1.54, 1.807) is 18.2 Å². The minimum absolute atomic E-state index is 0.0918. The van der Waals surface area contributed by atoms with Gasteiger partial charge in [-0.15, -0.1) is 0 Å². The lowest BCUT2D eigenvalue weighted by Crippen LogP contribution is -2.49. The first-order valence-corrected chi connectivity index (χ1v) is 13.8. The number of amides is 1. The number of hydrogen-bond acceptors (Lipinski definition) is 8. The standard InChI is InChI=1S/C32H36N2O7/c1-4-19(2)24-16-22(11-13-27(24)35)31(38)34-26-18-33-15-5-6-29(26)41-32(39)21-9-7-20(8-10-21)30(37)25-17-23(40-3)12-14-28(25)36/h7-14,16-17,19,26,29,33,35-36H,4-6,15,18H2,1-3H3,(H,34,38)/t19-,26-,29-/m1/s1. The number of hydrogen-bond donors (Lipinski definition) is 4. The number of carbonyl (C=O) groups excluding carboxylic acids is 3. The molecule has 0 unspecified atom stereocenters. The molecule has 1 fully saturated rings. The first-order valence-electron chi connectivity index (χ1n) is 13.8. The minimum Gasteiger partial charge on any atom is -0.508 e. The number of phenolic OH excluding ortho intramolecular Hbond substituents is 2. The average Bonchev–Trinajstić information content (AvgIpc) is 3.21. The highest BCUT2D eigenvalue weighted by Crippen LogP contribution is 2.29. The van der Waals surface area contributed by atoms with Crippen LogP contribution in [0.2, 0.25) is 0 Å². The maximum absolute atomic E-state index is 13.2. The number of phenols is 2. The van der Waals surface area contributed by atoms with Crippen molar-refractivity contribution in [3.8, 4) is 17.2 Å². The van der Waals surface area contributed by atoms with Crippen LogP contribution in [0.3, 0.4) is 0 Å². The van der Waals surface area contributed by atoms with Crippen LogP contribution in [0, 0.1) is 0 Å². The largest absolute Gasteiger partial charge is 0.508 e. The van der Waals surface area contributed by atoms with E-state index in [0.717, 1.165) is 19.4 Å². The molecule has 3 atom stereocenters. The summed E-state index contributed by atoms with van der Waals surface area (Å²) in [6.45, 7) is 5.17. The zero-order valence-electron chi connectivity index (χ0n) is 23.5. The van der Waals surface area contributed by atoms with Gasteiger partial charge in [0.1, 0.15) is 23.4 Å². The normalized spacial score (nSPS) is 17.6. The monoisotopic (exact) mass is 560 g/mol. The Bertz CT molecular complexity index is 1400. The molecule has 0 aromatic heterocycles. The van der Waals surface area contributed by atoms with Gasteiger partial charge in [-0.25, -0.2) is 4.79 Å². The number of rotatable bonds is 9. The van der Waals surface area contributed by atoms with Crippen LogP contribution in [0.15, 0.2) is 60.7 Å². The SMILES string of the molecule is CC[C@@H](C)c1cc(C(=O)N[C@@H]2CNCCC[C@H]2OC(=O)c2ccc(C(=O)c3cc(OC)ccc3O)cc2)ccc1O. The number of carbonyl (C=O) groups is 3. The average molecular weight is 561 g/mol. The molecule has 216 valence electrons. The molecule has 0 bridgehead atoms. The minimum atomic E-state index is -0.567. The van der Waals surface area contributed by atoms with Crippen LogP contribution in [0.4, 0.5) is 0 Å². The van der Waals surface area contributed by atoms with Crippen molar-refractivity contribution in [3.05, 3.63) is 88.5 Å². The topological polar surface area (TPSA) is 134 Å². The summed E-state index contributed by atoms with van der Waals surface area (Å²) in [5.41, 5.74) is 1.78. The van der Waals surface area contributed by atoms with Gasteiger partial charge in [0.05, 0.1) is 24.3 Å². The number of benzene rings is 3. The predicted molar refractivity (Wildman–Crippen MR) is 154 cm³/mol. The van der Waals surface area contributed by atoms with E-state index in [1.165, 1.54) is 49.6 Å². The molecule has 4 rings (SSSR count). The van der Waals surface area contributed by atoms with Crippen LogP contribution in [0.1, 0.15) is 81.2 Å². The molecule has 9 heteroatoms. The van der Waals surface area contributed by atoms with Crippen LogP contribution in [0.5, 0.6) is 17.2 Å². The zero-order valence-corrected chi connectivity index (χ0v) is 23.5. The zero-order chi connectivity index (χ0) is 29.5. The first-order chi connectivity index (χ1) is 19.7. The highest BCUT2D eigenvalue weighted by molar-refractivity contribution is 6.11. The van der Waals surface area contributed by atoms with Crippen molar-refractivity contribution in [2.45, 2.75) is 51.2 Å². The fourth-order valence-electron chi connectivity index (χ4n) is 4.81. The van der Waals surface area contributed by atoms with Gasteiger partial charge in [0.25, 0.3) is 5.91 Å². The molecular formula is C32H36N2O7. The van der Waals surface area contributed by atoms with Gasteiger partial charge in [-0.05, 0) is 85.8 Å². The Morgan fingerprint density at radius 1 is 0.976 bits per heavy atom. The van der Waals surface area contributed by atoms with Crippen molar-refractivity contribution in [1.29, 1.82) is 0 Å². The smallest absolute Gasteiger partial charge is 0.338 e. The van der Waals surface area contributed by atoms with Gasteiger partial charge < -0.3 is 30.3 Å². The van der Waals surface area contributed by atoms with Crippen molar-refractivity contribution < 1.29 is 34.1 Å². The van der Waals surface area contributed by atoms with Crippen LogP contribution in [-0.4, -0.2) is 60.2 Å². The summed E-state index contributed by atoms with van der Waals surface area (Å²) in [6, 6.07) is 14.8. The summed E-state index contributed by atoms with van der Waals surface area (Å²) in [5, 5.41) is 26.7. The summed E-state index contributed by atoms with van der Waals surface area (Å²) < 4.78 is 11.0. The fourth-order valence-corrected chi connectivity index (χ4v) is 4.81. The Labute approximate surface area is 239 Å². The molecular weight excluding hydrogens is 524 g/mol. The van der Waals surface area contributed by atoms with Crippen LogP contribution >= 0.6 is 0 Å². The predicted octanol–water partition coefficient (Wildman–Crippen LogP) is 4.56. The van der Waals surface area contributed by atoms with Crippen molar-refractivity contribution >= 4 is 17.7 Å². The molecule has 0 aliphatic carbocycles. The van der Waals surface area contributed by atoms with Gasteiger partial charge in [0.15, 0.2) is 5.78 Å². The second-order valence-corrected chi connectivity index (χ2v) is 10.2. The molecule has 9 nitrogen and oxygen atoms in total.